The van der Waals surface area contributed by atoms with E-state index in [0.717, 1.165) is 0 Å². The lowest BCUT2D eigenvalue weighted by atomic mass is 9.98. The first kappa shape index (κ1) is 19.0. The third-order valence-corrected chi connectivity index (χ3v) is 3.42. The van der Waals surface area contributed by atoms with Gasteiger partial charge in [-0.3, -0.25) is 4.90 Å². The maximum absolute atomic E-state index is 12.4. The molecule has 1 fully saturated rings. The Labute approximate surface area is 137 Å². The van der Waals surface area contributed by atoms with Crippen molar-refractivity contribution in [2.45, 2.75) is 71.3 Å². The maximum atomic E-state index is 12.4. The van der Waals surface area contributed by atoms with Crippen molar-refractivity contribution >= 4 is 23.7 Å². The van der Waals surface area contributed by atoms with Crippen molar-refractivity contribution in [2.75, 3.05) is 12.6 Å². The van der Waals surface area contributed by atoms with Crippen molar-refractivity contribution in [3.05, 3.63) is 0 Å². The molecule has 0 saturated carbocycles. The zero-order chi connectivity index (χ0) is 17.1. The smallest absolute Gasteiger partial charge is 0.411 e. The summed E-state index contributed by atoms with van der Waals surface area (Å²) in [5.74, 6) is -0.553. The lowest BCUT2D eigenvalue weighted by molar-refractivity contribution is -0.153. The van der Waals surface area contributed by atoms with Crippen molar-refractivity contribution in [1.82, 2.24) is 4.90 Å². The number of likely N-dealkylation sites (tertiary alicyclic amines) is 1. The predicted molar refractivity (Wildman–Crippen MR) is 82.8 cm³/mol. The largest absolute Gasteiger partial charge is 0.448 e. The molecule has 1 heterocycles. The monoisotopic (exact) mass is 335 g/mol. The third kappa shape index (κ3) is 4.74. The van der Waals surface area contributed by atoms with E-state index in [9.17, 15) is 9.59 Å². The van der Waals surface area contributed by atoms with Gasteiger partial charge < -0.3 is 14.2 Å². The van der Waals surface area contributed by atoms with Gasteiger partial charge in [0, 0.05) is 6.42 Å². The first-order valence-electron chi connectivity index (χ1n) is 7.39. The fourth-order valence-corrected chi connectivity index (χ4v) is 2.59. The zero-order valence-corrected chi connectivity index (χ0v) is 14.9. The number of amides is 1. The van der Waals surface area contributed by atoms with E-state index >= 15 is 0 Å². The molecule has 0 radical (unpaired) electrons. The van der Waals surface area contributed by atoms with Crippen LogP contribution in [0.15, 0.2) is 0 Å². The molecule has 6 nitrogen and oxygen atoms in total. The molecule has 0 aliphatic carbocycles. The van der Waals surface area contributed by atoms with Gasteiger partial charge in [0.2, 0.25) is 0 Å². The highest BCUT2D eigenvalue weighted by molar-refractivity contribution is 6.17. The minimum atomic E-state index is -1.14. The molecule has 1 aliphatic heterocycles. The van der Waals surface area contributed by atoms with Crippen LogP contribution in [-0.4, -0.2) is 52.9 Å². The van der Waals surface area contributed by atoms with Crippen LogP contribution in [-0.2, 0) is 19.0 Å². The Morgan fingerprint density at radius 2 is 1.95 bits per heavy atom. The second-order valence-electron chi connectivity index (χ2n) is 6.92. The molecule has 0 aromatic carbocycles. The van der Waals surface area contributed by atoms with Crippen molar-refractivity contribution in [3.63, 3.8) is 0 Å². The zero-order valence-electron chi connectivity index (χ0n) is 14.1. The van der Waals surface area contributed by atoms with Crippen LogP contribution >= 0.6 is 11.6 Å². The second kappa shape index (κ2) is 7.04. The molecule has 22 heavy (non-hydrogen) atoms. The summed E-state index contributed by atoms with van der Waals surface area (Å²) in [7, 11) is 0. The Bertz CT molecular complexity index is 421. The number of nitrogens with zero attached hydrogens (tertiary/aromatic N) is 1. The lowest BCUT2D eigenvalue weighted by Gasteiger charge is -2.33. The van der Waals surface area contributed by atoms with E-state index in [4.69, 9.17) is 25.8 Å². The van der Waals surface area contributed by atoms with E-state index in [1.165, 1.54) is 4.90 Å². The highest BCUT2D eigenvalue weighted by atomic mass is 35.5. The Hall–Kier alpha value is -1.01. The summed E-state index contributed by atoms with van der Waals surface area (Å²) in [5, 5.41) is 0. The van der Waals surface area contributed by atoms with Gasteiger partial charge in [-0.25, -0.2) is 9.59 Å². The topological polar surface area (TPSA) is 65.1 Å². The molecular weight excluding hydrogens is 310 g/mol. The molecule has 2 atom stereocenters. The molecule has 1 saturated heterocycles. The van der Waals surface area contributed by atoms with Crippen LogP contribution in [0, 0.1) is 0 Å². The summed E-state index contributed by atoms with van der Waals surface area (Å²) < 4.78 is 16.1. The minimum Gasteiger partial charge on any atom is -0.448 e. The van der Waals surface area contributed by atoms with Crippen molar-refractivity contribution in [2.24, 2.45) is 0 Å². The molecular formula is C15H26ClNO5. The lowest BCUT2D eigenvalue weighted by Crippen LogP contribution is -2.52. The van der Waals surface area contributed by atoms with Gasteiger partial charge in [0.25, 0.3) is 0 Å². The third-order valence-electron chi connectivity index (χ3n) is 3.31. The number of hydrogen-bond acceptors (Lipinski definition) is 5. The molecule has 2 unspecified atom stereocenters. The number of rotatable bonds is 4. The van der Waals surface area contributed by atoms with E-state index in [-0.39, 0.29) is 24.8 Å². The van der Waals surface area contributed by atoms with Crippen LogP contribution in [0.1, 0.15) is 48.0 Å². The van der Waals surface area contributed by atoms with Crippen molar-refractivity contribution in [1.29, 1.82) is 0 Å². The van der Waals surface area contributed by atoms with Crippen LogP contribution in [0.4, 0.5) is 4.79 Å². The van der Waals surface area contributed by atoms with Gasteiger partial charge in [-0.05, 0) is 41.5 Å². The van der Waals surface area contributed by atoms with Crippen molar-refractivity contribution < 1.29 is 23.8 Å². The van der Waals surface area contributed by atoms with Crippen LogP contribution in [0.25, 0.3) is 0 Å². The normalized spacial score (nSPS) is 25.5. The van der Waals surface area contributed by atoms with E-state index in [0.29, 0.717) is 6.42 Å². The van der Waals surface area contributed by atoms with Gasteiger partial charge in [-0.2, -0.15) is 0 Å². The van der Waals surface area contributed by atoms with Gasteiger partial charge in [0.15, 0.2) is 6.07 Å². The molecule has 0 bridgehead atoms. The fourth-order valence-electron chi connectivity index (χ4n) is 2.49. The quantitative estimate of drug-likeness (QED) is 0.584. The summed E-state index contributed by atoms with van der Waals surface area (Å²) in [6, 6.07) is -0.258. The molecule has 0 aromatic heterocycles. The number of alkyl halides is 1. The summed E-state index contributed by atoms with van der Waals surface area (Å²) in [6.07, 6.45) is -0.464. The van der Waals surface area contributed by atoms with Gasteiger partial charge in [0.05, 0.1) is 18.8 Å². The maximum Gasteiger partial charge on any atom is 0.411 e. The average Bonchev–Trinajstić information content (AvgIpc) is 2.65. The molecule has 1 amide bonds. The number of hydrogen-bond donors (Lipinski definition) is 0. The van der Waals surface area contributed by atoms with Gasteiger partial charge >= 0.3 is 12.1 Å². The average molecular weight is 336 g/mol. The molecule has 128 valence electrons. The molecule has 1 rings (SSSR count). The van der Waals surface area contributed by atoms with Gasteiger partial charge in [0.1, 0.15) is 11.1 Å². The highest BCUT2D eigenvalue weighted by Gasteiger charge is 2.52. The molecule has 0 N–H and O–H groups in total. The SMILES string of the molecule is CC(C)OC1CN(C(=O)OC(C)(C)C)C(C)(C(=O)OCCl)C1. The number of halogens is 1. The van der Waals surface area contributed by atoms with E-state index < -0.39 is 23.2 Å². The summed E-state index contributed by atoms with van der Waals surface area (Å²) in [6.45, 7) is 11.1. The minimum absolute atomic E-state index is 0.00289. The summed E-state index contributed by atoms with van der Waals surface area (Å²) >= 11 is 5.48. The van der Waals surface area contributed by atoms with Crippen molar-refractivity contribution in [3.8, 4) is 0 Å². The Morgan fingerprint density at radius 3 is 2.41 bits per heavy atom. The number of ether oxygens (including phenoxy) is 3. The number of carbonyl (C=O) groups is 2. The van der Waals surface area contributed by atoms with Gasteiger partial charge in [-0.1, -0.05) is 11.6 Å². The number of esters is 1. The van der Waals surface area contributed by atoms with E-state index in [1.807, 2.05) is 13.8 Å². The first-order chi connectivity index (χ1) is 9.99. The van der Waals surface area contributed by atoms with E-state index in [2.05, 4.69) is 0 Å². The van der Waals surface area contributed by atoms with Crippen LogP contribution < -0.4 is 0 Å². The fraction of sp³-hybridized carbons (Fsp3) is 0.867. The van der Waals surface area contributed by atoms with Crippen LogP contribution in [0.3, 0.4) is 0 Å². The van der Waals surface area contributed by atoms with Crippen LogP contribution in [0.5, 0.6) is 0 Å². The Balaban J connectivity index is 2.97. The summed E-state index contributed by atoms with van der Waals surface area (Å²) in [4.78, 5) is 26.1. The van der Waals surface area contributed by atoms with E-state index in [1.54, 1.807) is 27.7 Å². The predicted octanol–water partition coefficient (Wildman–Crippen LogP) is 2.92. The molecule has 0 aromatic rings. The Morgan fingerprint density at radius 1 is 1.36 bits per heavy atom. The second-order valence-corrected chi connectivity index (χ2v) is 7.13. The summed E-state index contributed by atoms with van der Waals surface area (Å²) in [5.41, 5.74) is -1.79. The first-order valence-corrected chi connectivity index (χ1v) is 7.92. The highest BCUT2D eigenvalue weighted by Crippen LogP contribution is 2.34. The molecule has 7 heteroatoms. The number of carbonyl (C=O) groups excluding carboxylic acids is 2. The standard InChI is InChI=1S/C15H26ClNO5/c1-10(2)21-11-7-15(6,12(18)20-9-16)17(8-11)13(19)22-14(3,4)5/h10-11H,7-9H2,1-6H3. The Kier molecular flexibility index (Phi) is 6.10. The molecule has 0 spiro atoms. The van der Waals surface area contributed by atoms with Gasteiger partial charge in [-0.15, -0.1) is 0 Å². The van der Waals surface area contributed by atoms with Crippen LogP contribution in [0.2, 0.25) is 0 Å². The molecule has 1 aliphatic rings.